The molecule has 1 aliphatic heterocycles. The molecule has 2 atom stereocenters. The van der Waals surface area contributed by atoms with E-state index in [4.69, 9.17) is 9.47 Å². The molecule has 2 N–H and O–H groups in total. The Balaban J connectivity index is 1.51. The highest BCUT2D eigenvalue weighted by Gasteiger charge is 2.27. The largest absolute Gasteiger partial charge is 0.457 e. The highest BCUT2D eigenvalue weighted by atomic mass is 16.5. The molecule has 0 saturated carbocycles. The van der Waals surface area contributed by atoms with Gasteiger partial charge in [-0.1, -0.05) is 30.3 Å². The number of rotatable bonds is 5. The monoisotopic (exact) mass is 326 g/mol. The van der Waals surface area contributed by atoms with Gasteiger partial charge in [0.15, 0.2) is 0 Å². The van der Waals surface area contributed by atoms with Gasteiger partial charge in [-0.2, -0.15) is 0 Å². The number of ether oxygens (including phenoxy) is 2. The second-order valence-corrected chi connectivity index (χ2v) is 5.78. The summed E-state index contributed by atoms with van der Waals surface area (Å²) >= 11 is 0. The molecule has 24 heavy (non-hydrogen) atoms. The molecule has 0 unspecified atom stereocenters. The minimum Gasteiger partial charge on any atom is -0.457 e. The van der Waals surface area contributed by atoms with Crippen molar-refractivity contribution in [2.24, 2.45) is 0 Å². The van der Waals surface area contributed by atoms with E-state index in [9.17, 15) is 4.79 Å². The fourth-order valence-electron chi connectivity index (χ4n) is 2.63. The van der Waals surface area contributed by atoms with Gasteiger partial charge in [-0.3, -0.25) is 4.79 Å². The van der Waals surface area contributed by atoms with Gasteiger partial charge < -0.3 is 20.1 Å². The molecule has 3 rings (SSSR count). The first-order chi connectivity index (χ1) is 11.7. The molecule has 1 aliphatic rings. The summed E-state index contributed by atoms with van der Waals surface area (Å²) in [7, 11) is 0. The molecule has 2 aromatic carbocycles. The lowest BCUT2D eigenvalue weighted by Gasteiger charge is -2.29. The summed E-state index contributed by atoms with van der Waals surface area (Å²) in [5, 5.41) is 6.13. The zero-order valence-electron chi connectivity index (χ0n) is 13.7. The molecular formula is C19H22N2O3. The standard InChI is InChI=1S/C19H22N2O3/c1-14-18(20-11-12-23-14)19(22)21-13-15-7-9-17(10-8-15)24-16-5-3-2-4-6-16/h2-10,14,18,20H,11-13H2,1H3,(H,21,22)/t14-,18+/m1/s1. The second-order valence-electron chi connectivity index (χ2n) is 5.78. The molecule has 1 fully saturated rings. The van der Waals surface area contributed by atoms with Crippen LogP contribution in [0.3, 0.4) is 0 Å². The van der Waals surface area contributed by atoms with Gasteiger partial charge in [-0.25, -0.2) is 0 Å². The average Bonchev–Trinajstić information content (AvgIpc) is 2.62. The number of carbonyl (C=O) groups is 1. The Morgan fingerprint density at radius 3 is 2.58 bits per heavy atom. The number of amides is 1. The first-order valence-corrected chi connectivity index (χ1v) is 8.17. The van der Waals surface area contributed by atoms with Gasteiger partial charge in [0, 0.05) is 13.1 Å². The van der Waals surface area contributed by atoms with Crippen molar-refractivity contribution in [3.63, 3.8) is 0 Å². The van der Waals surface area contributed by atoms with Gasteiger partial charge >= 0.3 is 0 Å². The molecule has 0 radical (unpaired) electrons. The first kappa shape index (κ1) is 16.5. The van der Waals surface area contributed by atoms with Crippen LogP contribution in [0.15, 0.2) is 54.6 Å². The van der Waals surface area contributed by atoms with Crippen molar-refractivity contribution in [1.82, 2.24) is 10.6 Å². The van der Waals surface area contributed by atoms with Crippen LogP contribution in [0.1, 0.15) is 12.5 Å². The van der Waals surface area contributed by atoms with Crippen LogP contribution in [0.2, 0.25) is 0 Å². The van der Waals surface area contributed by atoms with E-state index in [1.807, 2.05) is 61.5 Å². The van der Waals surface area contributed by atoms with Gasteiger partial charge in [0.05, 0.1) is 12.7 Å². The number of morpholine rings is 1. The van der Waals surface area contributed by atoms with E-state index in [1.165, 1.54) is 0 Å². The van der Waals surface area contributed by atoms with E-state index < -0.39 is 0 Å². The summed E-state index contributed by atoms with van der Waals surface area (Å²) < 4.78 is 11.3. The number of benzene rings is 2. The number of para-hydroxylation sites is 1. The number of nitrogens with one attached hydrogen (secondary N) is 2. The smallest absolute Gasteiger partial charge is 0.240 e. The highest BCUT2D eigenvalue weighted by molar-refractivity contribution is 5.82. The number of hydrogen-bond donors (Lipinski definition) is 2. The lowest BCUT2D eigenvalue weighted by Crippen LogP contribution is -2.55. The molecule has 0 spiro atoms. The predicted molar refractivity (Wildman–Crippen MR) is 92.0 cm³/mol. The summed E-state index contributed by atoms with van der Waals surface area (Å²) in [4.78, 5) is 12.2. The molecule has 5 nitrogen and oxygen atoms in total. The van der Waals surface area contributed by atoms with Gasteiger partial charge in [0.1, 0.15) is 17.5 Å². The first-order valence-electron chi connectivity index (χ1n) is 8.17. The van der Waals surface area contributed by atoms with Crippen molar-refractivity contribution in [2.75, 3.05) is 13.2 Å². The van der Waals surface area contributed by atoms with Crippen molar-refractivity contribution in [1.29, 1.82) is 0 Å². The van der Waals surface area contributed by atoms with E-state index in [-0.39, 0.29) is 18.1 Å². The third-order valence-electron chi connectivity index (χ3n) is 3.97. The maximum absolute atomic E-state index is 12.2. The zero-order valence-corrected chi connectivity index (χ0v) is 13.7. The molecule has 5 heteroatoms. The maximum Gasteiger partial charge on any atom is 0.240 e. The van der Waals surface area contributed by atoms with Crippen LogP contribution in [-0.2, 0) is 16.1 Å². The minimum atomic E-state index is -0.292. The molecular weight excluding hydrogens is 304 g/mol. The summed E-state index contributed by atoms with van der Waals surface area (Å²) in [5.74, 6) is 1.54. The number of hydrogen-bond acceptors (Lipinski definition) is 4. The summed E-state index contributed by atoms with van der Waals surface area (Å²) in [6.45, 7) is 3.74. The van der Waals surface area contributed by atoms with Gasteiger partial charge in [0.25, 0.3) is 0 Å². The Morgan fingerprint density at radius 1 is 1.17 bits per heavy atom. The van der Waals surface area contributed by atoms with Crippen LogP contribution in [-0.4, -0.2) is 31.2 Å². The maximum atomic E-state index is 12.2. The van der Waals surface area contributed by atoms with E-state index >= 15 is 0 Å². The van der Waals surface area contributed by atoms with Crippen LogP contribution < -0.4 is 15.4 Å². The predicted octanol–water partition coefficient (Wildman–Crippen LogP) is 2.47. The summed E-state index contributed by atoms with van der Waals surface area (Å²) in [6.07, 6.45) is -0.111. The normalized spacial score (nSPS) is 20.4. The Hall–Kier alpha value is -2.37. The highest BCUT2D eigenvalue weighted by Crippen LogP contribution is 2.21. The van der Waals surface area contributed by atoms with E-state index in [0.29, 0.717) is 19.7 Å². The van der Waals surface area contributed by atoms with E-state index in [2.05, 4.69) is 10.6 Å². The lowest BCUT2D eigenvalue weighted by molar-refractivity contribution is -0.129. The van der Waals surface area contributed by atoms with Crippen LogP contribution in [0, 0.1) is 0 Å². The summed E-state index contributed by atoms with van der Waals surface area (Å²) in [6, 6.07) is 17.1. The SMILES string of the molecule is C[C@H]1OCCN[C@@H]1C(=O)NCc1ccc(Oc2ccccc2)cc1. The number of carbonyl (C=O) groups excluding carboxylic acids is 1. The minimum absolute atomic E-state index is 0.0354. The van der Waals surface area contributed by atoms with Crippen LogP contribution in [0.4, 0.5) is 0 Å². The van der Waals surface area contributed by atoms with Crippen molar-refractivity contribution >= 4 is 5.91 Å². The molecule has 1 saturated heterocycles. The van der Waals surface area contributed by atoms with E-state index in [1.54, 1.807) is 0 Å². The van der Waals surface area contributed by atoms with E-state index in [0.717, 1.165) is 17.1 Å². The average molecular weight is 326 g/mol. The van der Waals surface area contributed by atoms with Crippen molar-refractivity contribution < 1.29 is 14.3 Å². The van der Waals surface area contributed by atoms with Crippen LogP contribution in [0.5, 0.6) is 11.5 Å². The lowest BCUT2D eigenvalue weighted by atomic mass is 10.1. The molecule has 0 aliphatic carbocycles. The quantitative estimate of drug-likeness (QED) is 0.886. The zero-order chi connectivity index (χ0) is 16.8. The third kappa shape index (κ3) is 4.34. The Morgan fingerprint density at radius 2 is 1.88 bits per heavy atom. The Kier molecular flexibility index (Phi) is 5.46. The fourth-order valence-corrected chi connectivity index (χ4v) is 2.63. The third-order valence-corrected chi connectivity index (χ3v) is 3.97. The molecule has 0 aromatic heterocycles. The molecule has 1 amide bonds. The second kappa shape index (κ2) is 7.95. The van der Waals surface area contributed by atoms with Crippen molar-refractivity contribution in [3.05, 3.63) is 60.2 Å². The van der Waals surface area contributed by atoms with Gasteiger partial charge in [-0.05, 0) is 36.8 Å². The van der Waals surface area contributed by atoms with Crippen molar-refractivity contribution in [2.45, 2.75) is 25.6 Å². The molecule has 1 heterocycles. The fraction of sp³-hybridized carbons (Fsp3) is 0.316. The molecule has 126 valence electrons. The topological polar surface area (TPSA) is 59.6 Å². The Bertz CT molecular complexity index is 658. The molecule has 2 aromatic rings. The van der Waals surface area contributed by atoms with Gasteiger partial charge in [-0.15, -0.1) is 0 Å². The van der Waals surface area contributed by atoms with Gasteiger partial charge in [0.2, 0.25) is 5.91 Å². The summed E-state index contributed by atoms with van der Waals surface area (Å²) in [5.41, 5.74) is 1.02. The Labute approximate surface area is 142 Å². The molecule has 0 bridgehead atoms. The van der Waals surface area contributed by atoms with Crippen LogP contribution >= 0.6 is 0 Å². The van der Waals surface area contributed by atoms with Crippen molar-refractivity contribution in [3.8, 4) is 11.5 Å². The van der Waals surface area contributed by atoms with Crippen LogP contribution in [0.25, 0.3) is 0 Å².